The number of fused-ring (bicyclic) bond motifs is 1. The molecule has 0 bridgehead atoms. The molecule has 1 aliphatic heterocycles. The first kappa shape index (κ1) is 11.8. The topological polar surface area (TPSA) is 51.0 Å². The fraction of sp³-hybridized carbons (Fsp3) is 0.308. The molecule has 3 rings (SSSR count). The quantitative estimate of drug-likeness (QED) is 0.824. The SMILES string of the molecule is CCn1nccc1C(=O)N1CCc2cc(F)cnc21. The van der Waals surface area contributed by atoms with Crippen molar-refractivity contribution in [2.45, 2.75) is 19.9 Å². The molecule has 0 atom stereocenters. The highest BCUT2D eigenvalue weighted by molar-refractivity contribution is 6.05. The molecule has 0 radical (unpaired) electrons. The average molecular weight is 260 g/mol. The number of hydrogen-bond acceptors (Lipinski definition) is 3. The molecule has 0 unspecified atom stereocenters. The van der Waals surface area contributed by atoms with Crippen molar-refractivity contribution in [3.8, 4) is 0 Å². The van der Waals surface area contributed by atoms with E-state index in [9.17, 15) is 9.18 Å². The second-order valence-corrected chi connectivity index (χ2v) is 4.38. The molecule has 3 heterocycles. The van der Waals surface area contributed by atoms with E-state index in [0.29, 0.717) is 31.0 Å². The molecule has 0 spiro atoms. The Morgan fingerprint density at radius 3 is 3.16 bits per heavy atom. The van der Waals surface area contributed by atoms with E-state index in [-0.39, 0.29) is 11.7 Å². The van der Waals surface area contributed by atoms with Gasteiger partial charge in [-0.1, -0.05) is 0 Å². The van der Waals surface area contributed by atoms with Crippen LogP contribution in [-0.2, 0) is 13.0 Å². The lowest BCUT2D eigenvalue weighted by molar-refractivity contribution is 0.0978. The van der Waals surface area contributed by atoms with Crippen molar-refractivity contribution >= 4 is 11.7 Å². The lowest BCUT2D eigenvalue weighted by Gasteiger charge is -2.16. The predicted molar refractivity (Wildman–Crippen MR) is 67.5 cm³/mol. The Balaban J connectivity index is 1.96. The number of aryl methyl sites for hydroxylation is 1. The summed E-state index contributed by atoms with van der Waals surface area (Å²) in [5, 5.41) is 4.09. The maximum absolute atomic E-state index is 13.1. The number of halogens is 1. The van der Waals surface area contributed by atoms with Crippen molar-refractivity contribution in [1.82, 2.24) is 14.8 Å². The van der Waals surface area contributed by atoms with Crippen LogP contribution in [0.1, 0.15) is 23.0 Å². The standard InChI is InChI=1S/C13H13FN4O/c1-2-18-11(3-5-16-18)13(19)17-6-4-9-7-10(14)8-15-12(9)17/h3,5,7-8H,2,4,6H2,1H3. The number of nitrogens with zero attached hydrogens (tertiary/aromatic N) is 4. The number of carbonyl (C=O) groups excluding carboxylic acids is 1. The van der Waals surface area contributed by atoms with E-state index in [1.54, 1.807) is 21.8 Å². The van der Waals surface area contributed by atoms with Crippen molar-refractivity contribution in [1.29, 1.82) is 0 Å². The second kappa shape index (κ2) is 4.46. The maximum atomic E-state index is 13.1. The molecule has 0 aromatic carbocycles. The first-order chi connectivity index (χ1) is 9.20. The van der Waals surface area contributed by atoms with Crippen LogP contribution in [0.5, 0.6) is 0 Å². The summed E-state index contributed by atoms with van der Waals surface area (Å²) in [6, 6.07) is 3.13. The molecule has 0 N–H and O–H groups in total. The van der Waals surface area contributed by atoms with Crippen LogP contribution < -0.4 is 4.90 Å². The van der Waals surface area contributed by atoms with Crippen LogP contribution in [0.4, 0.5) is 10.2 Å². The zero-order valence-corrected chi connectivity index (χ0v) is 10.5. The van der Waals surface area contributed by atoms with Gasteiger partial charge in [-0.15, -0.1) is 0 Å². The van der Waals surface area contributed by atoms with E-state index in [1.807, 2.05) is 6.92 Å². The molecule has 0 saturated heterocycles. The number of aromatic nitrogens is 3. The third-order valence-electron chi connectivity index (χ3n) is 3.25. The van der Waals surface area contributed by atoms with E-state index in [0.717, 1.165) is 11.8 Å². The first-order valence-electron chi connectivity index (χ1n) is 6.19. The third kappa shape index (κ3) is 1.89. The van der Waals surface area contributed by atoms with Crippen LogP contribution in [-0.4, -0.2) is 27.2 Å². The van der Waals surface area contributed by atoms with Gasteiger partial charge < -0.3 is 0 Å². The predicted octanol–water partition coefficient (Wildman–Crippen LogP) is 1.64. The molecule has 0 saturated carbocycles. The van der Waals surface area contributed by atoms with Crippen molar-refractivity contribution in [2.75, 3.05) is 11.4 Å². The van der Waals surface area contributed by atoms with Crippen molar-refractivity contribution in [2.24, 2.45) is 0 Å². The van der Waals surface area contributed by atoms with E-state index in [2.05, 4.69) is 10.1 Å². The molecular formula is C13H13FN4O. The summed E-state index contributed by atoms with van der Waals surface area (Å²) in [4.78, 5) is 18.1. The first-order valence-corrected chi connectivity index (χ1v) is 6.19. The molecule has 1 aliphatic rings. The number of rotatable bonds is 2. The Bertz CT molecular complexity index is 637. The van der Waals surface area contributed by atoms with Gasteiger partial charge in [-0.05, 0) is 31.0 Å². The molecule has 0 aliphatic carbocycles. The minimum Gasteiger partial charge on any atom is -0.291 e. The van der Waals surface area contributed by atoms with Crippen molar-refractivity contribution < 1.29 is 9.18 Å². The summed E-state index contributed by atoms with van der Waals surface area (Å²) in [5.74, 6) is 0.0408. The van der Waals surface area contributed by atoms with Gasteiger partial charge in [0.1, 0.15) is 17.3 Å². The Morgan fingerprint density at radius 1 is 1.53 bits per heavy atom. The van der Waals surface area contributed by atoms with E-state index in [4.69, 9.17) is 0 Å². The van der Waals surface area contributed by atoms with Crippen LogP contribution in [0, 0.1) is 5.82 Å². The smallest absolute Gasteiger partial charge is 0.277 e. The minimum absolute atomic E-state index is 0.141. The van der Waals surface area contributed by atoms with Crippen LogP contribution in [0.2, 0.25) is 0 Å². The highest BCUT2D eigenvalue weighted by Gasteiger charge is 2.28. The molecular weight excluding hydrogens is 247 g/mol. The van der Waals surface area contributed by atoms with Gasteiger partial charge in [0.25, 0.3) is 5.91 Å². The number of pyridine rings is 1. The average Bonchev–Trinajstić information content (AvgIpc) is 3.03. The number of hydrogen-bond donors (Lipinski definition) is 0. The lowest BCUT2D eigenvalue weighted by atomic mass is 10.2. The molecule has 19 heavy (non-hydrogen) atoms. The normalized spacial score (nSPS) is 13.7. The van der Waals surface area contributed by atoms with Crippen molar-refractivity contribution in [3.63, 3.8) is 0 Å². The number of amides is 1. The summed E-state index contributed by atoms with van der Waals surface area (Å²) in [5.41, 5.74) is 1.30. The third-order valence-corrected chi connectivity index (χ3v) is 3.25. The Hall–Kier alpha value is -2.24. The Labute approximate surface area is 109 Å². The fourth-order valence-corrected chi connectivity index (χ4v) is 2.34. The molecule has 0 fully saturated rings. The van der Waals surface area contributed by atoms with E-state index >= 15 is 0 Å². The van der Waals surface area contributed by atoms with Gasteiger partial charge in [-0.25, -0.2) is 9.37 Å². The number of anilines is 1. The van der Waals surface area contributed by atoms with E-state index < -0.39 is 0 Å². The van der Waals surface area contributed by atoms with Gasteiger partial charge in [-0.3, -0.25) is 14.4 Å². The summed E-state index contributed by atoms with van der Waals surface area (Å²) >= 11 is 0. The molecule has 5 nitrogen and oxygen atoms in total. The zero-order chi connectivity index (χ0) is 13.4. The van der Waals surface area contributed by atoms with Crippen LogP contribution >= 0.6 is 0 Å². The number of carbonyl (C=O) groups is 1. The lowest BCUT2D eigenvalue weighted by Crippen LogP contribution is -2.31. The fourth-order valence-electron chi connectivity index (χ4n) is 2.34. The molecule has 98 valence electrons. The summed E-state index contributed by atoms with van der Waals surface area (Å²) in [6.07, 6.45) is 3.37. The van der Waals surface area contributed by atoms with Gasteiger partial charge >= 0.3 is 0 Å². The van der Waals surface area contributed by atoms with Gasteiger partial charge in [-0.2, -0.15) is 5.10 Å². The van der Waals surface area contributed by atoms with Gasteiger partial charge in [0, 0.05) is 19.3 Å². The monoisotopic (exact) mass is 260 g/mol. The summed E-state index contributed by atoms with van der Waals surface area (Å²) in [7, 11) is 0. The van der Waals surface area contributed by atoms with Crippen LogP contribution in [0.15, 0.2) is 24.5 Å². The van der Waals surface area contributed by atoms with Crippen LogP contribution in [0.25, 0.3) is 0 Å². The van der Waals surface area contributed by atoms with Crippen molar-refractivity contribution in [3.05, 3.63) is 41.6 Å². The summed E-state index contributed by atoms with van der Waals surface area (Å²) in [6.45, 7) is 3.08. The molecule has 1 amide bonds. The molecule has 2 aromatic rings. The van der Waals surface area contributed by atoms with Gasteiger partial charge in [0.15, 0.2) is 0 Å². The van der Waals surface area contributed by atoms with E-state index in [1.165, 1.54) is 6.07 Å². The second-order valence-electron chi connectivity index (χ2n) is 4.38. The highest BCUT2D eigenvalue weighted by Crippen LogP contribution is 2.27. The molecule has 2 aromatic heterocycles. The van der Waals surface area contributed by atoms with Gasteiger partial charge in [0.2, 0.25) is 0 Å². The van der Waals surface area contributed by atoms with Gasteiger partial charge in [0.05, 0.1) is 6.20 Å². The highest BCUT2D eigenvalue weighted by atomic mass is 19.1. The Kier molecular flexibility index (Phi) is 2.77. The van der Waals surface area contributed by atoms with Crippen LogP contribution in [0.3, 0.4) is 0 Å². The largest absolute Gasteiger partial charge is 0.291 e. The zero-order valence-electron chi connectivity index (χ0n) is 10.5. The minimum atomic E-state index is -0.369. The summed E-state index contributed by atoms with van der Waals surface area (Å²) < 4.78 is 14.7. The Morgan fingerprint density at radius 2 is 2.37 bits per heavy atom. The maximum Gasteiger partial charge on any atom is 0.277 e. The molecule has 6 heteroatoms.